The van der Waals surface area contributed by atoms with Crippen LogP contribution < -0.4 is 10.1 Å². The molecule has 23 heavy (non-hydrogen) atoms. The average Bonchev–Trinajstić information content (AvgIpc) is 2.57. The SMILES string of the molecule is C=CCOc1cccc([C@H]2NC(=S)N(C)C(C)=C2C(=O)OC)c1. The van der Waals surface area contributed by atoms with Crippen LogP contribution in [0.1, 0.15) is 18.5 Å². The Kier molecular flexibility index (Phi) is 5.39. The average molecular weight is 332 g/mol. The molecule has 1 aliphatic heterocycles. The van der Waals surface area contributed by atoms with E-state index >= 15 is 0 Å². The lowest BCUT2D eigenvalue weighted by Crippen LogP contribution is -2.46. The first kappa shape index (κ1) is 17.0. The van der Waals surface area contributed by atoms with Crippen molar-refractivity contribution in [2.75, 3.05) is 20.8 Å². The number of allylic oxidation sites excluding steroid dienone is 1. The minimum Gasteiger partial charge on any atom is -0.490 e. The van der Waals surface area contributed by atoms with Crippen molar-refractivity contribution in [3.8, 4) is 5.75 Å². The molecule has 2 rings (SSSR count). The maximum Gasteiger partial charge on any atom is 0.337 e. The van der Waals surface area contributed by atoms with Crippen LogP contribution in [0.4, 0.5) is 0 Å². The molecule has 0 saturated carbocycles. The van der Waals surface area contributed by atoms with Crippen LogP contribution in [0.15, 0.2) is 48.2 Å². The Balaban J connectivity index is 2.45. The standard InChI is InChI=1S/C17H20N2O3S/c1-5-9-22-13-8-6-7-12(10-13)15-14(16(20)21-4)11(2)19(3)17(23)18-15/h5-8,10,15H,1,9H2,2-4H3,(H,18,23)/t15-/m1/s1. The van der Waals surface area contributed by atoms with E-state index in [1.807, 2.05) is 38.2 Å². The summed E-state index contributed by atoms with van der Waals surface area (Å²) in [5.41, 5.74) is 2.18. The van der Waals surface area contributed by atoms with Gasteiger partial charge in [-0.1, -0.05) is 24.8 Å². The summed E-state index contributed by atoms with van der Waals surface area (Å²) in [6, 6.07) is 7.15. The molecule has 0 bridgehead atoms. The smallest absolute Gasteiger partial charge is 0.337 e. The van der Waals surface area contributed by atoms with E-state index in [2.05, 4.69) is 11.9 Å². The van der Waals surface area contributed by atoms with E-state index in [1.54, 1.807) is 11.0 Å². The van der Waals surface area contributed by atoms with Crippen LogP contribution in [0.2, 0.25) is 0 Å². The first-order valence-electron chi connectivity index (χ1n) is 7.16. The number of esters is 1. The molecule has 6 heteroatoms. The molecule has 0 saturated heterocycles. The van der Waals surface area contributed by atoms with Gasteiger partial charge in [0.05, 0.1) is 18.7 Å². The third-order valence-corrected chi connectivity index (χ3v) is 4.11. The van der Waals surface area contributed by atoms with Gasteiger partial charge < -0.3 is 19.7 Å². The van der Waals surface area contributed by atoms with E-state index in [0.29, 0.717) is 23.0 Å². The molecule has 0 spiro atoms. The predicted molar refractivity (Wildman–Crippen MR) is 93.1 cm³/mol. The molecule has 0 aliphatic carbocycles. The number of nitrogens with one attached hydrogen (secondary N) is 1. The fourth-order valence-electron chi connectivity index (χ4n) is 2.40. The summed E-state index contributed by atoms with van der Waals surface area (Å²) in [5.74, 6) is 0.322. The molecule has 122 valence electrons. The molecule has 1 aromatic carbocycles. The van der Waals surface area contributed by atoms with E-state index in [1.165, 1.54) is 7.11 Å². The normalized spacial score (nSPS) is 17.6. The Labute approximate surface area is 141 Å². The predicted octanol–water partition coefficient (Wildman–Crippen LogP) is 2.56. The number of methoxy groups -OCH3 is 1. The van der Waals surface area contributed by atoms with Crippen molar-refractivity contribution >= 4 is 23.3 Å². The monoisotopic (exact) mass is 332 g/mol. The zero-order chi connectivity index (χ0) is 17.0. The number of nitrogens with zero attached hydrogens (tertiary/aromatic N) is 1. The van der Waals surface area contributed by atoms with Gasteiger partial charge in [0.15, 0.2) is 5.11 Å². The number of ether oxygens (including phenoxy) is 2. The first-order valence-corrected chi connectivity index (χ1v) is 7.57. The van der Waals surface area contributed by atoms with Crippen LogP contribution in [-0.2, 0) is 9.53 Å². The molecule has 1 N–H and O–H groups in total. The van der Waals surface area contributed by atoms with Gasteiger partial charge >= 0.3 is 5.97 Å². The summed E-state index contributed by atoms with van der Waals surface area (Å²) >= 11 is 5.35. The van der Waals surface area contributed by atoms with E-state index in [4.69, 9.17) is 21.7 Å². The van der Waals surface area contributed by atoms with Gasteiger partial charge in [-0.25, -0.2) is 4.79 Å². The summed E-state index contributed by atoms with van der Waals surface area (Å²) < 4.78 is 10.5. The molecular formula is C17H20N2O3S. The van der Waals surface area contributed by atoms with Crippen LogP contribution in [0.3, 0.4) is 0 Å². The molecule has 0 unspecified atom stereocenters. The third-order valence-electron chi connectivity index (χ3n) is 3.72. The summed E-state index contributed by atoms with van der Waals surface area (Å²) in [7, 11) is 3.18. The molecule has 1 aliphatic rings. The van der Waals surface area contributed by atoms with Crippen molar-refractivity contribution in [2.24, 2.45) is 0 Å². The van der Waals surface area contributed by atoms with Crippen LogP contribution in [-0.4, -0.2) is 36.7 Å². The van der Waals surface area contributed by atoms with Crippen LogP contribution in [0.5, 0.6) is 5.75 Å². The number of thiocarbonyl (C=S) groups is 1. The molecule has 5 nitrogen and oxygen atoms in total. The number of hydrogen-bond donors (Lipinski definition) is 1. The fraction of sp³-hybridized carbons (Fsp3) is 0.294. The molecule has 0 aromatic heterocycles. The molecular weight excluding hydrogens is 312 g/mol. The Morgan fingerprint density at radius 2 is 2.26 bits per heavy atom. The number of carbonyl (C=O) groups is 1. The van der Waals surface area contributed by atoms with Crippen molar-refractivity contribution in [1.82, 2.24) is 10.2 Å². The van der Waals surface area contributed by atoms with Gasteiger partial charge in [-0.05, 0) is 36.8 Å². The van der Waals surface area contributed by atoms with Crippen LogP contribution in [0.25, 0.3) is 0 Å². The zero-order valence-corrected chi connectivity index (χ0v) is 14.3. The van der Waals surface area contributed by atoms with Crippen molar-refractivity contribution in [3.63, 3.8) is 0 Å². The van der Waals surface area contributed by atoms with Crippen molar-refractivity contribution in [3.05, 3.63) is 53.8 Å². The summed E-state index contributed by atoms with van der Waals surface area (Å²) in [6.07, 6.45) is 1.68. The topological polar surface area (TPSA) is 50.8 Å². The third kappa shape index (κ3) is 3.53. The second kappa shape index (κ2) is 7.28. The molecule has 0 radical (unpaired) electrons. The maximum atomic E-state index is 12.2. The van der Waals surface area contributed by atoms with E-state index in [0.717, 1.165) is 11.3 Å². The number of carbonyl (C=O) groups excluding carboxylic acids is 1. The largest absolute Gasteiger partial charge is 0.490 e. The molecule has 0 fully saturated rings. The first-order chi connectivity index (χ1) is 11.0. The highest BCUT2D eigenvalue weighted by molar-refractivity contribution is 7.80. The fourth-order valence-corrected chi connectivity index (χ4v) is 2.65. The van der Waals surface area contributed by atoms with E-state index in [-0.39, 0.29) is 12.0 Å². The highest BCUT2D eigenvalue weighted by atomic mass is 32.1. The summed E-state index contributed by atoms with van der Waals surface area (Å²) in [6.45, 7) is 5.90. The van der Waals surface area contributed by atoms with Gasteiger partial charge in [0, 0.05) is 12.7 Å². The highest BCUT2D eigenvalue weighted by Gasteiger charge is 2.33. The summed E-state index contributed by atoms with van der Waals surface area (Å²) in [4.78, 5) is 14.0. The zero-order valence-electron chi connectivity index (χ0n) is 13.5. The Morgan fingerprint density at radius 3 is 2.91 bits per heavy atom. The number of rotatable bonds is 5. The van der Waals surface area contributed by atoms with Crippen molar-refractivity contribution in [2.45, 2.75) is 13.0 Å². The summed E-state index contributed by atoms with van der Waals surface area (Å²) in [5, 5.41) is 3.74. The Hall–Kier alpha value is -2.34. The quantitative estimate of drug-likeness (QED) is 0.508. The minimum absolute atomic E-state index is 0.376. The Morgan fingerprint density at radius 1 is 1.52 bits per heavy atom. The van der Waals surface area contributed by atoms with Gasteiger partial charge in [-0.2, -0.15) is 0 Å². The van der Waals surface area contributed by atoms with Crippen LogP contribution >= 0.6 is 12.2 Å². The lowest BCUT2D eigenvalue weighted by molar-refractivity contribution is -0.136. The number of benzene rings is 1. The lowest BCUT2D eigenvalue weighted by atomic mass is 9.95. The number of hydrogen-bond acceptors (Lipinski definition) is 4. The Bertz CT molecular complexity index is 670. The molecule has 1 aromatic rings. The van der Waals surface area contributed by atoms with Gasteiger partial charge in [-0.15, -0.1) is 0 Å². The molecule has 1 atom stereocenters. The highest BCUT2D eigenvalue weighted by Crippen LogP contribution is 2.32. The van der Waals surface area contributed by atoms with Gasteiger partial charge in [0.1, 0.15) is 12.4 Å². The maximum absolute atomic E-state index is 12.2. The van der Waals surface area contributed by atoms with Gasteiger partial charge in [-0.3, -0.25) is 0 Å². The molecule has 0 amide bonds. The van der Waals surface area contributed by atoms with Gasteiger partial charge in [0.25, 0.3) is 0 Å². The van der Waals surface area contributed by atoms with E-state index < -0.39 is 0 Å². The second-order valence-electron chi connectivity index (χ2n) is 5.10. The second-order valence-corrected chi connectivity index (χ2v) is 5.49. The van der Waals surface area contributed by atoms with Gasteiger partial charge in [0.2, 0.25) is 0 Å². The minimum atomic E-state index is -0.383. The molecule has 1 heterocycles. The lowest BCUT2D eigenvalue weighted by Gasteiger charge is -2.35. The van der Waals surface area contributed by atoms with Crippen LogP contribution in [0, 0.1) is 0 Å². The van der Waals surface area contributed by atoms with Crippen molar-refractivity contribution < 1.29 is 14.3 Å². The van der Waals surface area contributed by atoms with E-state index in [9.17, 15) is 4.79 Å². The van der Waals surface area contributed by atoms with Crippen molar-refractivity contribution in [1.29, 1.82) is 0 Å².